The number of nitrogen functional groups attached to an aromatic ring is 1. The summed E-state index contributed by atoms with van der Waals surface area (Å²) in [6, 6.07) is 12.3. The lowest BCUT2D eigenvalue weighted by atomic mass is 10.1. The number of rotatable bonds is 5. The molecule has 0 bridgehead atoms. The monoisotopic (exact) mass is 458 g/mol. The van der Waals surface area contributed by atoms with E-state index in [2.05, 4.69) is 9.71 Å². The van der Waals surface area contributed by atoms with Gasteiger partial charge in [0.05, 0.1) is 9.77 Å². The van der Waals surface area contributed by atoms with Gasteiger partial charge in [-0.3, -0.25) is 4.79 Å². The zero-order valence-electron chi connectivity index (χ0n) is 18.1. The third-order valence-electron chi connectivity index (χ3n) is 4.48. The number of amides is 1. The molecule has 0 saturated carbocycles. The third-order valence-corrected chi connectivity index (χ3v) is 7.36. The van der Waals surface area contributed by atoms with Crippen molar-refractivity contribution in [2.24, 2.45) is 0 Å². The van der Waals surface area contributed by atoms with Crippen molar-refractivity contribution in [2.45, 2.75) is 38.1 Å². The summed E-state index contributed by atoms with van der Waals surface area (Å²) in [5.41, 5.74) is 7.67. The van der Waals surface area contributed by atoms with Gasteiger partial charge in [-0.1, -0.05) is 6.07 Å². The number of nitrogens with zero attached hydrogens (tertiary/aromatic N) is 2. The number of nitrogens with one attached hydrogen (secondary N) is 1. The van der Waals surface area contributed by atoms with Crippen LogP contribution in [0.3, 0.4) is 0 Å². The van der Waals surface area contributed by atoms with Gasteiger partial charge in [0.25, 0.3) is 0 Å². The second kappa shape index (κ2) is 8.41. The predicted octanol–water partition coefficient (Wildman–Crippen LogP) is 4.12. The normalized spacial score (nSPS) is 12.0. The Hall–Kier alpha value is -2.75. The molecular formula is C22H26N4O3S2. The molecule has 3 rings (SSSR count). The Morgan fingerprint density at radius 3 is 2.35 bits per heavy atom. The number of carbonyl (C=O) groups is 1. The zero-order chi connectivity index (χ0) is 23.0. The maximum atomic E-state index is 13.3. The van der Waals surface area contributed by atoms with Crippen LogP contribution in [0.5, 0.6) is 0 Å². The van der Waals surface area contributed by atoms with Gasteiger partial charge in [-0.2, -0.15) is 0 Å². The highest BCUT2D eigenvalue weighted by Gasteiger charge is 2.27. The van der Waals surface area contributed by atoms with Crippen LogP contribution < -0.4 is 15.4 Å². The van der Waals surface area contributed by atoms with Crippen molar-refractivity contribution in [3.63, 3.8) is 0 Å². The average Bonchev–Trinajstić information content (AvgIpc) is 3.15. The summed E-state index contributed by atoms with van der Waals surface area (Å²) in [6.07, 6.45) is 1.66. The smallest absolute Gasteiger partial charge is 0.241 e. The van der Waals surface area contributed by atoms with Gasteiger partial charge in [-0.05, 0) is 57.2 Å². The maximum Gasteiger partial charge on any atom is 0.241 e. The molecule has 0 fully saturated rings. The van der Waals surface area contributed by atoms with E-state index in [-0.39, 0.29) is 10.8 Å². The van der Waals surface area contributed by atoms with E-state index in [1.807, 2.05) is 12.1 Å². The number of carbonyl (C=O) groups excluding carboxylic acids is 1. The second-order valence-corrected chi connectivity index (χ2v) is 10.9. The van der Waals surface area contributed by atoms with Gasteiger partial charge in [0.1, 0.15) is 5.01 Å². The molecule has 1 heterocycles. The fourth-order valence-corrected chi connectivity index (χ4v) is 5.63. The first kappa shape index (κ1) is 22.9. The summed E-state index contributed by atoms with van der Waals surface area (Å²) >= 11 is 1.39. The first-order valence-electron chi connectivity index (χ1n) is 9.62. The molecule has 164 valence electrons. The highest BCUT2D eigenvalue weighted by molar-refractivity contribution is 7.89. The van der Waals surface area contributed by atoms with Crippen LogP contribution in [0.4, 0.5) is 11.4 Å². The second-order valence-electron chi connectivity index (χ2n) is 8.27. The Kier molecular flexibility index (Phi) is 6.22. The number of thiazole rings is 1. The van der Waals surface area contributed by atoms with E-state index < -0.39 is 15.6 Å². The van der Waals surface area contributed by atoms with Gasteiger partial charge in [-0.25, -0.2) is 18.1 Å². The Morgan fingerprint density at radius 2 is 1.77 bits per heavy atom. The minimum atomic E-state index is -3.87. The van der Waals surface area contributed by atoms with Gasteiger partial charge in [0.2, 0.25) is 15.9 Å². The maximum absolute atomic E-state index is 13.3. The molecule has 1 amide bonds. The van der Waals surface area contributed by atoms with Crippen LogP contribution >= 0.6 is 11.3 Å². The van der Waals surface area contributed by atoms with Crippen LogP contribution in [0.2, 0.25) is 0 Å². The molecular weight excluding hydrogens is 432 g/mol. The van der Waals surface area contributed by atoms with Crippen molar-refractivity contribution < 1.29 is 13.2 Å². The Balaban J connectivity index is 2.13. The first-order valence-corrected chi connectivity index (χ1v) is 11.9. The van der Waals surface area contributed by atoms with E-state index in [4.69, 9.17) is 5.73 Å². The van der Waals surface area contributed by atoms with E-state index in [9.17, 15) is 13.2 Å². The number of hydrogen-bond acceptors (Lipinski definition) is 6. The van der Waals surface area contributed by atoms with Crippen molar-refractivity contribution >= 4 is 38.6 Å². The molecule has 3 N–H and O–H groups in total. The van der Waals surface area contributed by atoms with Crippen LogP contribution in [-0.2, 0) is 14.8 Å². The minimum Gasteiger partial charge on any atom is -0.399 e. The lowest BCUT2D eigenvalue weighted by Crippen LogP contribution is -2.40. The molecule has 3 aromatic rings. The number of benzene rings is 2. The van der Waals surface area contributed by atoms with Crippen molar-refractivity contribution in [2.75, 3.05) is 17.7 Å². The van der Waals surface area contributed by atoms with E-state index in [1.165, 1.54) is 29.2 Å². The van der Waals surface area contributed by atoms with Crippen molar-refractivity contribution in [1.29, 1.82) is 0 Å². The fraction of sp³-hybridized carbons (Fsp3) is 0.273. The summed E-state index contributed by atoms with van der Waals surface area (Å²) in [5, 5.41) is 0.757. The number of sulfonamides is 1. The standard InChI is InChI=1S/C22H26N4O3S2/c1-14(27)26(5)17-10-11-18(20(12-17)31(28,29)25-22(2,3)4)19-13-24-21(30-19)15-6-8-16(23)9-7-15/h6-13,25H,23H2,1-5H3. The molecule has 0 radical (unpaired) electrons. The summed E-state index contributed by atoms with van der Waals surface area (Å²) in [7, 11) is -2.26. The van der Waals surface area contributed by atoms with Crippen LogP contribution in [0.25, 0.3) is 21.0 Å². The van der Waals surface area contributed by atoms with Crippen LogP contribution in [0.15, 0.2) is 53.6 Å². The summed E-state index contributed by atoms with van der Waals surface area (Å²) in [5.74, 6) is -0.191. The lowest BCUT2D eigenvalue weighted by Gasteiger charge is -2.23. The number of anilines is 2. The zero-order valence-corrected chi connectivity index (χ0v) is 19.8. The quantitative estimate of drug-likeness (QED) is 0.560. The van der Waals surface area contributed by atoms with E-state index in [0.29, 0.717) is 21.8 Å². The molecule has 0 spiro atoms. The summed E-state index contributed by atoms with van der Waals surface area (Å²) < 4.78 is 29.2. The largest absolute Gasteiger partial charge is 0.399 e. The first-order chi connectivity index (χ1) is 14.4. The molecule has 0 aliphatic carbocycles. The lowest BCUT2D eigenvalue weighted by molar-refractivity contribution is -0.116. The van der Waals surface area contributed by atoms with Crippen molar-refractivity contribution in [1.82, 2.24) is 9.71 Å². The van der Waals surface area contributed by atoms with Crippen LogP contribution in [0, 0.1) is 0 Å². The summed E-state index contributed by atoms with van der Waals surface area (Å²) in [4.78, 5) is 18.5. The fourth-order valence-electron chi connectivity index (χ4n) is 2.94. The van der Waals surface area contributed by atoms with Gasteiger partial charge in [0, 0.05) is 48.2 Å². The van der Waals surface area contributed by atoms with Gasteiger partial charge in [-0.15, -0.1) is 11.3 Å². The number of aromatic nitrogens is 1. The van der Waals surface area contributed by atoms with E-state index in [0.717, 1.165) is 10.6 Å². The van der Waals surface area contributed by atoms with Gasteiger partial charge in [0.15, 0.2) is 0 Å². The molecule has 0 saturated heterocycles. The molecule has 2 aromatic carbocycles. The van der Waals surface area contributed by atoms with E-state index in [1.54, 1.807) is 58.3 Å². The Morgan fingerprint density at radius 1 is 1.13 bits per heavy atom. The van der Waals surface area contributed by atoms with Crippen molar-refractivity contribution in [3.8, 4) is 21.0 Å². The highest BCUT2D eigenvalue weighted by atomic mass is 32.2. The molecule has 7 nitrogen and oxygen atoms in total. The molecule has 1 aromatic heterocycles. The third kappa shape index (κ3) is 5.30. The van der Waals surface area contributed by atoms with Crippen LogP contribution in [0.1, 0.15) is 27.7 Å². The van der Waals surface area contributed by atoms with Gasteiger partial charge < -0.3 is 10.6 Å². The van der Waals surface area contributed by atoms with Crippen LogP contribution in [-0.4, -0.2) is 31.9 Å². The molecule has 0 atom stereocenters. The number of nitrogens with two attached hydrogens (primary N) is 1. The van der Waals surface area contributed by atoms with Crippen molar-refractivity contribution in [3.05, 3.63) is 48.7 Å². The molecule has 31 heavy (non-hydrogen) atoms. The Labute approximate surface area is 187 Å². The molecule has 0 unspecified atom stereocenters. The minimum absolute atomic E-state index is 0.0977. The molecule has 0 aliphatic rings. The number of hydrogen-bond donors (Lipinski definition) is 2. The highest BCUT2D eigenvalue weighted by Crippen LogP contribution is 2.37. The Bertz CT molecular complexity index is 1210. The summed E-state index contributed by atoms with van der Waals surface area (Å²) in [6.45, 7) is 6.77. The average molecular weight is 459 g/mol. The molecule has 0 aliphatic heterocycles. The van der Waals surface area contributed by atoms with E-state index >= 15 is 0 Å². The topological polar surface area (TPSA) is 105 Å². The molecule has 9 heteroatoms. The SMILES string of the molecule is CC(=O)N(C)c1ccc(-c2cnc(-c3ccc(N)cc3)s2)c(S(=O)(=O)NC(C)(C)C)c1. The predicted molar refractivity (Wildman–Crippen MR) is 127 cm³/mol. The van der Waals surface area contributed by atoms with Gasteiger partial charge >= 0.3 is 0 Å².